The molecule has 0 saturated carbocycles. The third-order valence-corrected chi connectivity index (χ3v) is 3.22. The molecule has 0 aliphatic carbocycles. The topological polar surface area (TPSA) is 61.0 Å². The lowest BCUT2D eigenvalue weighted by Gasteiger charge is -2.27. The summed E-state index contributed by atoms with van der Waals surface area (Å²) in [5.74, 6) is 0.411. The number of aryl methyl sites for hydroxylation is 1. The average molecular weight is 211 g/mol. The van der Waals surface area contributed by atoms with E-state index in [0.717, 1.165) is 0 Å². The minimum absolute atomic E-state index is 0.0914. The Morgan fingerprint density at radius 1 is 1.53 bits per heavy atom. The van der Waals surface area contributed by atoms with Gasteiger partial charge in [-0.05, 0) is 10.8 Å². The van der Waals surface area contributed by atoms with Gasteiger partial charge in [-0.25, -0.2) is 0 Å². The van der Waals surface area contributed by atoms with Gasteiger partial charge in [-0.2, -0.15) is 0 Å². The lowest BCUT2D eigenvalue weighted by molar-refractivity contribution is -0.393. The molecular weight excluding hydrogens is 194 g/mol. The summed E-state index contributed by atoms with van der Waals surface area (Å²) < 4.78 is 1.32. The van der Waals surface area contributed by atoms with Crippen molar-refractivity contribution in [2.45, 2.75) is 33.1 Å². The van der Waals surface area contributed by atoms with Crippen LogP contribution in [0.5, 0.6) is 0 Å². The van der Waals surface area contributed by atoms with E-state index in [1.54, 1.807) is 13.2 Å². The van der Waals surface area contributed by atoms with Crippen LogP contribution in [0.1, 0.15) is 33.3 Å². The molecule has 84 valence electrons. The van der Waals surface area contributed by atoms with Gasteiger partial charge < -0.3 is 10.1 Å². The highest BCUT2D eigenvalue weighted by molar-refractivity contribution is 5.37. The fourth-order valence-electron chi connectivity index (χ4n) is 1.41. The highest BCUT2D eigenvalue weighted by Gasteiger charge is 2.34. The Morgan fingerprint density at radius 3 is 2.47 bits per heavy atom. The highest BCUT2D eigenvalue weighted by Crippen LogP contribution is 2.36. The Kier molecular flexibility index (Phi) is 2.83. The van der Waals surface area contributed by atoms with Crippen molar-refractivity contribution >= 4 is 5.82 Å². The lowest BCUT2D eigenvalue weighted by atomic mass is 9.76. The molecule has 0 amide bonds. The summed E-state index contributed by atoms with van der Waals surface area (Å²) in [6, 6.07) is 0. The first kappa shape index (κ1) is 11.7. The molecule has 1 aromatic heterocycles. The number of hydrogen-bond donors (Lipinski definition) is 0. The summed E-state index contributed by atoms with van der Waals surface area (Å²) in [4.78, 5) is 10.5. The smallest absolute Gasteiger partial charge is 0.348 e. The first-order valence-electron chi connectivity index (χ1n) is 4.95. The summed E-state index contributed by atoms with van der Waals surface area (Å²) in [6.45, 7) is 8.11. The molecule has 5 heteroatoms. The van der Waals surface area contributed by atoms with Gasteiger partial charge in [-0.15, -0.1) is 4.68 Å². The van der Waals surface area contributed by atoms with Gasteiger partial charge in [0.05, 0.1) is 11.8 Å². The molecule has 0 fully saturated rings. The molecule has 0 N–H and O–H groups in total. The van der Waals surface area contributed by atoms with E-state index in [0.29, 0.717) is 11.5 Å². The molecule has 0 saturated heterocycles. The zero-order chi connectivity index (χ0) is 11.8. The first-order valence-corrected chi connectivity index (χ1v) is 4.95. The molecule has 0 atom stereocenters. The second kappa shape index (κ2) is 3.64. The molecule has 15 heavy (non-hydrogen) atoms. The van der Waals surface area contributed by atoms with Crippen molar-refractivity contribution in [2.75, 3.05) is 0 Å². The molecule has 0 bridgehead atoms. The van der Waals surface area contributed by atoms with Crippen LogP contribution in [0.3, 0.4) is 0 Å². The van der Waals surface area contributed by atoms with E-state index >= 15 is 0 Å². The van der Waals surface area contributed by atoms with Gasteiger partial charge in [0.2, 0.25) is 0 Å². The Hall–Kier alpha value is -1.39. The summed E-state index contributed by atoms with van der Waals surface area (Å²) in [6.07, 6.45) is 1.60. The lowest BCUT2D eigenvalue weighted by Crippen LogP contribution is -2.25. The van der Waals surface area contributed by atoms with Gasteiger partial charge in [0.25, 0.3) is 0 Å². The largest absolute Gasteiger partial charge is 0.358 e. The van der Waals surface area contributed by atoms with E-state index in [1.165, 1.54) is 4.68 Å². The maximum Gasteiger partial charge on any atom is 0.348 e. The monoisotopic (exact) mass is 211 g/mol. The predicted molar refractivity (Wildman–Crippen MR) is 57.7 cm³/mol. The zero-order valence-electron chi connectivity index (χ0n) is 9.81. The second-order valence-electron chi connectivity index (χ2n) is 4.64. The number of hydrogen-bond acceptors (Lipinski definition) is 3. The van der Waals surface area contributed by atoms with Crippen LogP contribution in [0.4, 0.5) is 5.82 Å². The van der Waals surface area contributed by atoms with Crippen LogP contribution in [-0.2, 0) is 12.5 Å². The van der Waals surface area contributed by atoms with Gasteiger partial charge in [-0.1, -0.05) is 32.8 Å². The molecule has 0 aromatic carbocycles. The van der Waals surface area contributed by atoms with E-state index in [9.17, 15) is 10.1 Å². The number of aromatic nitrogens is 2. The molecule has 5 nitrogen and oxygen atoms in total. The molecular formula is C10H17N3O2. The van der Waals surface area contributed by atoms with Crippen LogP contribution in [0.25, 0.3) is 0 Å². The fourth-order valence-corrected chi connectivity index (χ4v) is 1.41. The van der Waals surface area contributed by atoms with E-state index in [-0.39, 0.29) is 16.2 Å². The summed E-state index contributed by atoms with van der Waals surface area (Å²) in [5.41, 5.74) is 0.460. The van der Waals surface area contributed by atoms with Crippen molar-refractivity contribution in [2.24, 2.45) is 13.0 Å². The van der Waals surface area contributed by atoms with Crippen molar-refractivity contribution in [1.29, 1.82) is 0 Å². The van der Waals surface area contributed by atoms with Crippen molar-refractivity contribution in [1.82, 2.24) is 9.78 Å². The maximum atomic E-state index is 10.9. The van der Waals surface area contributed by atoms with E-state index < -0.39 is 0 Å². The van der Waals surface area contributed by atoms with Crippen LogP contribution < -0.4 is 0 Å². The minimum Gasteiger partial charge on any atom is -0.358 e. The molecule has 0 aliphatic heterocycles. The third-order valence-electron chi connectivity index (χ3n) is 3.22. The van der Waals surface area contributed by atoms with Gasteiger partial charge in [-0.3, -0.25) is 0 Å². The second-order valence-corrected chi connectivity index (χ2v) is 4.64. The zero-order valence-corrected chi connectivity index (χ0v) is 9.81. The SMILES string of the molecule is CC(C)C(C)(C)c1cnn(C)c1[N+](=O)[O-]. The normalized spacial score (nSPS) is 12.1. The van der Waals surface area contributed by atoms with Gasteiger partial charge >= 0.3 is 5.82 Å². The van der Waals surface area contributed by atoms with Gasteiger partial charge in [0, 0.05) is 5.41 Å². The number of nitrogens with zero attached hydrogens (tertiary/aromatic N) is 3. The summed E-state index contributed by atoms with van der Waals surface area (Å²) >= 11 is 0. The van der Waals surface area contributed by atoms with Crippen molar-refractivity contribution in [3.05, 3.63) is 21.9 Å². The van der Waals surface area contributed by atoms with E-state index in [4.69, 9.17) is 0 Å². The van der Waals surface area contributed by atoms with E-state index in [1.807, 2.05) is 13.8 Å². The quantitative estimate of drug-likeness (QED) is 0.569. The maximum absolute atomic E-state index is 10.9. The Morgan fingerprint density at radius 2 is 2.07 bits per heavy atom. The molecule has 0 unspecified atom stereocenters. The van der Waals surface area contributed by atoms with Crippen LogP contribution in [0, 0.1) is 16.0 Å². The molecule has 1 heterocycles. The van der Waals surface area contributed by atoms with Crippen molar-refractivity contribution in [3.8, 4) is 0 Å². The molecule has 1 aromatic rings. The van der Waals surface area contributed by atoms with Crippen molar-refractivity contribution in [3.63, 3.8) is 0 Å². The van der Waals surface area contributed by atoms with Crippen LogP contribution in [0.15, 0.2) is 6.20 Å². The third kappa shape index (κ3) is 1.86. The molecule has 0 radical (unpaired) electrons. The van der Waals surface area contributed by atoms with Crippen molar-refractivity contribution < 1.29 is 4.92 Å². The average Bonchev–Trinajstić information content (AvgIpc) is 2.47. The highest BCUT2D eigenvalue weighted by atomic mass is 16.6. The number of nitro groups is 1. The molecule has 0 spiro atoms. The van der Waals surface area contributed by atoms with Crippen LogP contribution >= 0.6 is 0 Å². The Balaban J connectivity index is 3.32. The Labute approximate surface area is 89.2 Å². The standard InChI is InChI=1S/C10H17N3O2/c1-7(2)10(3,4)8-6-11-12(5)9(8)13(14)15/h6-7H,1-5H3. The van der Waals surface area contributed by atoms with Gasteiger partial charge in [0.1, 0.15) is 7.05 Å². The fraction of sp³-hybridized carbons (Fsp3) is 0.700. The van der Waals surface area contributed by atoms with Crippen LogP contribution in [-0.4, -0.2) is 14.7 Å². The molecule has 1 rings (SSSR count). The molecule has 0 aliphatic rings. The minimum atomic E-state index is -0.369. The van der Waals surface area contributed by atoms with Gasteiger partial charge in [0.15, 0.2) is 0 Å². The number of rotatable bonds is 3. The summed E-state index contributed by atoms with van der Waals surface area (Å²) in [7, 11) is 1.60. The summed E-state index contributed by atoms with van der Waals surface area (Å²) in [5, 5.41) is 14.9. The van der Waals surface area contributed by atoms with E-state index in [2.05, 4.69) is 18.9 Å². The predicted octanol–water partition coefficient (Wildman–Crippen LogP) is 2.26. The first-order chi connectivity index (χ1) is 6.78. The van der Waals surface area contributed by atoms with Crippen LogP contribution in [0.2, 0.25) is 0 Å². The Bertz CT molecular complexity index is 380.